The number of nitrogens with two attached hydrogens (primary N) is 1. The minimum Gasteiger partial charge on any atom is -0.384 e. The number of aryl methyl sites for hydroxylation is 1. The van der Waals surface area contributed by atoms with E-state index in [-0.39, 0.29) is 6.54 Å². The van der Waals surface area contributed by atoms with E-state index in [1.165, 1.54) is 5.56 Å². The molecule has 1 unspecified atom stereocenters. The second kappa shape index (κ2) is 4.01. The first-order chi connectivity index (χ1) is 6.40. The van der Waals surface area contributed by atoms with Gasteiger partial charge in [-0.05, 0) is 37.5 Å². The molecule has 0 fully saturated rings. The van der Waals surface area contributed by atoms with Gasteiger partial charge < -0.3 is 10.8 Å². The molecule has 0 aliphatic carbocycles. The van der Waals surface area contributed by atoms with Crippen molar-refractivity contribution >= 4 is 15.9 Å². The van der Waals surface area contributed by atoms with Crippen molar-refractivity contribution in [3.63, 3.8) is 0 Å². The van der Waals surface area contributed by atoms with Gasteiger partial charge in [0.25, 0.3) is 0 Å². The molecule has 0 bridgehead atoms. The van der Waals surface area contributed by atoms with Crippen LogP contribution in [0.15, 0.2) is 16.6 Å². The lowest BCUT2D eigenvalue weighted by molar-refractivity contribution is 0.0661. The van der Waals surface area contributed by atoms with Crippen molar-refractivity contribution in [1.29, 1.82) is 0 Å². The van der Waals surface area contributed by atoms with Gasteiger partial charge in [-0.15, -0.1) is 0 Å². The standard InChI is InChI=1S/C11H16BrNO/c1-7-4-5-9(8(2)10(7)12)11(3,14)6-13/h4-5,14H,6,13H2,1-3H3. The summed E-state index contributed by atoms with van der Waals surface area (Å²) in [6.07, 6.45) is 0. The maximum atomic E-state index is 10.0. The lowest BCUT2D eigenvalue weighted by atomic mass is 9.91. The van der Waals surface area contributed by atoms with Crippen LogP contribution in [0.5, 0.6) is 0 Å². The Hall–Kier alpha value is -0.380. The van der Waals surface area contributed by atoms with E-state index in [1.54, 1.807) is 6.92 Å². The summed E-state index contributed by atoms with van der Waals surface area (Å²) in [4.78, 5) is 0. The van der Waals surface area contributed by atoms with Gasteiger partial charge in [0.05, 0.1) is 5.60 Å². The molecule has 0 radical (unpaired) electrons. The molecular weight excluding hydrogens is 242 g/mol. The number of hydrogen-bond donors (Lipinski definition) is 2. The van der Waals surface area contributed by atoms with Crippen LogP contribution in [0.4, 0.5) is 0 Å². The Labute approximate surface area is 93.3 Å². The van der Waals surface area contributed by atoms with Crippen LogP contribution in [0.1, 0.15) is 23.6 Å². The van der Waals surface area contributed by atoms with Crippen LogP contribution in [0.2, 0.25) is 0 Å². The van der Waals surface area contributed by atoms with Gasteiger partial charge in [-0.1, -0.05) is 28.1 Å². The van der Waals surface area contributed by atoms with Crippen LogP contribution in [0.25, 0.3) is 0 Å². The number of hydrogen-bond acceptors (Lipinski definition) is 2. The van der Waals surface area contributed by atoms with E-state index >= 15 is 0 Å². The third-order valence-electron chi connectivity index (χ3n) is 2.56. The second-order valence-electron chi connectivity index (χ2n) is 3.85. The Morgan fingerprint density at radius 3 is 2.50 bits per heavy atom. The summed E-state index contributed by atoms with van der Waals surface area (Å²) in [5, 5.41) is 10.0. The maximum absolute atomic E-state index is 10.0. The van der Waals surface area contributed by atoms with Gasteiger partial charge in [0.2, 0.25) is 0 Å². The van der Waals surface area contributed by atoms with E-state index in [2.05, 4.69) is 15.9 Å². The molecule has 78 valence electrons. The highest BCUT2D eigenvalue weighted by Gasteiger charge is 2.23. The number of rotatable bonds is 2. The van der Waals surface area contributed by atoms with Gasteiger partial charge in [0.1, 0.15) is 0 Å². The van der Waals surface area contributed by atoms with Crippen LogP contribution < -0.4 is 5.73 Å². The van der Waals surface area contributed by atoms with Crippen molar-refractivity contribution < 1.29 is 5.11 Å². The molecule has 3 heteroatoms. The summed E-state index contributed by atoms with van der Waals surface area (Å²) >= 11 is 3.50. The predicted octanol–water partition coefficient (Wildman–Crippen LogP) is 2.23. The summed E-state index contributed by atoms with van der Waals surface area (Å²) in [5.74, 6) is 0. The van der Waals surface area contributed by atoms with Gasteiger partial charge in [-0.2, -0.15) is 0 Å². The Kier molecular flexibility index (Phi) is 3.35. The molecule has 1 atom stereocenters. The first-order valence-corrected chi connectivity index (χ1v) is 5.38. The van der Waals surface area contributed by atoms with Crippen molar-refractivity contribution in [2.75, 3.05) is 6.54 Å². The lowest BCUT2D eigenvalue weighted by Gasteiger charge is -2.24. The largest absolute Gasteiger partial charge is 0.384 e. The van der Waals surface area contributed by atoms with E-state index in [0.717, 1.165) is 15.6 Å². The van der Waals surface area contributed by atoms with Gasteiger partial charge in [0, 0.05) is 11.0 Å². The fourth-order valence-electron chi connectivity index (χ4n) is 1.51. The fourth-order valence-corrected chi connectivity index (χ4v) is 1.86. The monoisotopic (exact) mass is 257 g/mol. The molecule has 0 saturated carbocycles. The highest BCUT2D eigenvalue weighted by molar-refractivity contribution is 9.10. The highest BCUT2D eigenvalue weighted by Crippen LogP contribution is 2.30. The normalized spacial score (nSPS) is 15.3. The minimum atomic E-state index is -0.944. The van der Waals surface area contributed by atoms with Crippen LogP contribution in [0, 0.1) is 13.8 Å². The maximum Gasteiger partial charge on any atom is 0.0993 e. The van der Waals surface area contributed by atoms with Crippen LogP contribution in [-0.4, -0.2) is 11.7 Å². The summed E-state index contributed by atoms with van der Waals surface area (Å²) in [5.41, 5.74) is 7.69. The summed E-state index contributed by atoms with van der Waals surface area (Å²) in [6, 6.07) is 3.92. The predicted molar refractivity (Wildman–Crippen MR) is 62.2 cm³/mol. The van der Waals surface area contributed by atoms with E-state index in [1.807, 2.05) is 26.0 Å². The van der Waals surface area contributed by atoms with E-state index in [4.69, 9.17) is 5.73 Å². The Balaban J connectivity index is 3.31. The van der Waals surface area contributed by atoms with Gasteiger partial charge in [0.15, 0.2) is 0 Å². The lowest BCUT2D eigenvalue weighted by Crippen LogP contribution is -2.32. The molecule has 0 heterocycles. The van der Waals surface area contributed by atoms with Crippen molar-refractivity contribution in [1.82, 2.24) is 0 Å². The quantitative estimate of drug-likeness (QED) is 0.854. The van der Waals surface area contributed by atoms with Crippen molar-refractivity contribution in [2.24, 2.45) is 5.73 Å². The zero-order chi connectivity index (χ0) is 10.9. The van der Waals surface area contributed by atoms with Gasteiger partial charge >= 0.3 is 0 Å². The Morgan fingerprint density at radius 1 is 1.43 bits per heavy atom. The fraction of sp³-hybridized carbons (Fsp3) is 0.455. The minimum absolute atomic E-state index is 0.226. The second-order valence-corrected chi connectivity index (χ2v) is 4.64. The first kappa shape index (κ1) is 11.7. The molecule has 0 aliphatic rings. The van der Waals surface area contributed by atoms with E-state index in [9.17, 15) is 5.11 Å². The summed E-state index contributed by atoms with van der Waals surface area (Å²) in [7, 11) is 0. The molecule has 2 nitrogen and oxygen atoms in total. The average molecular weight is 258 g/mol. The molecule has 0 aliphatic heterocycles. The molecule has 14 heavy (non-hydrogen) atoms. The summed E-state index contributed by atoms with van der Waals surface area (Å²) in [6.45, 7) is 5.97. The van der Waals surface area contributed by atoms with Crippen LogP contribution in [-0.2, 0) is 5.60 Å². The Bertz CT molecular complexity index is 347. The molecule has 0 saturated heterocycles. The van der Waals surface area contributed by atoms with E-state index in [0.29, 0.717) is 0 Å². The summed E-state index contributed by atoms with van der Waals surface area (Å²) < 4.78 is 1.05. The van der Waals surface area contributed by atoms with Gasteiger partial charge in [-0.3, -0.25) is 0 Å². The first-order valence-electron chi connectivity index (χ1n) is 4.59. The molecule has 1 aromatic carbocycles. The molecular formula is C11H16BrNO. The number of aliphatic hydroxyl groups is 1. The third-order valence-corrected chi connectivity index (χ3v) is 3.78. The third kappa shape index (κ3) is 2.00. The van der Waals surface area contributed by atoms with Crippen molar-refractivity contribution in [2.45, 2.75) is 26.4 Å². The van der Waals surface area contributed by atoms with Crippen LogP contribution in [0.3, 0.4) is 0 Å². The molecule has 0 spiro atoms. The molecule has 1 aromatic rings. The number of halogens is 1. The molecule has 3 N–H and O–H groups in total. The number of benzene rings is 1. The topological polar surface area (TPSA) is 46.2 Å². The average Bonchev–Trinajstić information content (AvgIpc) is 2.14. The van der Waals surface area contributed by atoms with E-state index < -0.39 is 5.60 Å². The van der Waals surface area contributed by atoms with Crippen molar-refractivity contribution in [3.8, 4) is 0 Å². The molecule has 1 rings (SSSR count). The van der Waals surface area contributed by atoms with Crippen molar-refractivity contribution in [3.05, 3.63) is 33.3 Å². The molecule has 0 aromatic heterocycles. The van der Waals surface area contributed by atoms with Crippen LogP contribution >= 0.6 is 15.9 Å². The molecule has 0 amide bonds. The zero-order valence-electron chi connectivity index (χ0n) is 8.76. The Morgan fingerprint density at radius 2 is 2.00 bits per heavy atom. The SMILES string of the molecule is Cc1ccc(C(C)(O)CN)c(C)c1Br. The zero-order valence-corrected chi connectivity index (χ0v) is 10.4. The smallest absolute Gasteiger partial charge is 0.0993 e. The van der Waals surface area contributed by atoms with Gasteiger partial charge in [-0.25, -0.2) is 0 Å². The highest BCUT2D eigenvalue weighted by atomic mass is 79.9.